The molecule has 0 amide bonds. The molecule has 0 aliphatic carbocycles. The Morgan fingerprint density at radius 3 is 3.11 bits per heavy atom. The minimum Gasteiger partial charge on any atom is -0.507 e. The van der Waals surface area contributed by atoms with Gasteiger partial charge < -0.3 is 9.63 Å². The zero-order valence-electron chi connectivity index (χ0n) is 10.1. The number of aromatic hydroxyl groups is 1. The molecule has 1 unspecified atom stereocenters. The van der Waals surface area contributed by atoms with Crippen molar-refractivity contribution >= 4 is 11.8 Å². The first-order valence-corrected chi connectivity index (χ1v) is 7.05. The van der Waals surface area contributed by atoms with Gasteiger partial charge in [-0.15, -0.1) is 0 Å². The lowest BCUT2D eigenvalue weighted by molar-refractivity contribution is 0.416. The molecule has 2 aromatic rings. The van der Waals surface area contributed by atoms with Crippen molar-refractivity contribution in [2.75, 3.05) is 5.75 Å². The molecule has 4 nitrogen and oxygen atoms in total. The van der Waals surface area contributed by atoms with Crippen molar-refractivity contribution in [3.63, 3.8) is 0 Å². The van der Waals surface area contributed by atoms with Gasteiger partial charge in [-0.2, -0.15) is 16.7 Å². The molecule has 5 heteroatoms. The van der Waals surface area contributed by atoms with E-state index in [1.807, 2.05) is 30.8 Å². The van der Waals surface area contributed by atoms with Crippen LogP contribution in [0.1, 0.15) is 29.5 Å². The predicted octanol–water partition coefficient (Wildman–Crippen LogP) is 3.32. The third kappa shape index (κ3) is 1.99. The number of nitrogens with zero attached hydrogens (tertiary/aromatic N) is 2. The van der Waals surface area contributed by atoms with Gasteiger partial charge in [-0.05, 0) is 37.1 Å². The van der Waals surface area contributed by atoms with Gasteiger partial charge in [0.25, 0.3) is 5.89 Å². The fraction of sp³-hybridized carbons (Fsp3) is 0.385. The quantitative estimate of drug-likeness (QED) is 0.899. The van der Waals surface area contributed by atoms with E-state index in [2.05, 4.69) is 10.1 Å². The second kappa shape index (κ2) is 4.65. The largest absolute Gasteiger partial charge is 0.507 e. The second-order valence-electron chi connectivity index (χ2n) is 4.43. The van der Waals surface area contributed by atoms with Crippen LogP contribution in [0.4, 0.5) is 0 Å². The lowest BCUT2D eigenvalue weighted by Gasteiger charge is -2.02. The standard InChI is InChI=1S/C13H14N2O2S/c1-8-4-2-5-9(11(8)16)13-14-12(15-17-13)10-6-3-7-18-10/h2,4-5,10,16H,3,6-7H2,1H3. The zero-order valence-corrected chi connectivity index (χ0v) is 10.9. The van der Waals surface area contributed by atoms with E-state index in [1.165, 1.54) is 6.42 Å². The SMILES string of the molecule is Cc1cccc(-c2nc(C3CCCS3)no2)c1O. The van der Waals surface area contributed by atoms with Gasteiger partial charge in [0.05, 0.1) is 10.8 Å². The van der Waals surface area contributed by atoms with E-state index in [1.54, 1.807) is 6.07 Å². The van der Waals surface area contributed by atoms with Gasteiger partial charge in [-0.25, -0.2) is 0 Å². The molecule has 0 bridgehead atoms. The molecule has 94 valence electrons. The van der Waals surface area contributed by atoms with E-state index in [0.717, 1.165) is 23.6 Å². The highest BCUT2D eigenvalue weighted by molar-refractivity contribution is 7.99. The summed E-state index contributed by atoms with van der Waals surface area (Å²) in [6.45, 7) is 1.85. The lowest BCUT2D eigenvalue weighted by atomic mass is 10.1. The molecule has 1 N–H and O–H groups in total. The summed E-state index contributed by atoms with van der Waals surface area (Å²) in [6, 6.07) is 5.52. The van der Waals surface area contributed by atoms with Crippen molar-refractivity contribution in [1.29, 1.82) is 0 Å². The maximum absolute atomic E-state index is 9.99. The van der Waals surface area contributed by atoms with E-state index in [4.69, 9.17) is 4.52 Å². The van der Waals surface area contributed by atoms with Crippen LogP contribution in [0.25, 0.3) is 11.5 Å². The Hall–Kier alpha value is -1.49. The second-order valence-corrected chi connectivity index (χ2v) is 5.74. The van der Waals surface area contributed by atoms with Crippen LogP contribution in [0.2, 0.25) is 0 Å². The summed E-state index contributed by atoms with van der Waals surface area (Å²) in [7, 11) is 0. The highest BCUT2D eigenvalue weighted by Crippen LogP contribution is 2.39. The maximum atomic E-state index is 9.99. The Balaban J connectivity index is 1.95. The Morgan fingerprint density at radius 1 is 1.44 bits per heavy atom. The molecule has 0 radical (unpaired) electrons. The normalized spacial score (nSPS) is 19.3. The average molecular weight is 262 g/mol. The summed E-state index contributed by atoms with van der Waals surface area (Å²) in [6.07, 6.45) is 2.30. The van der Waals surface area contributed by atoms with Gasteiger partial charge in [0.2, 0.25) is 0 Å². The number of hydrogen-bond acceptors (Lipinski definition) is 5. The Labute approximate surface area is 109 Å². The van der Waals surface area contributed by atoms with Gasteiger partial charge in [0.1, 0.15) is 5.75 Å². The molecule has 1 saturated heterocycles. The highest BCUT2D eigenvalue weighted by atomic mass is 32.2. The summed E-state index contributed by atoms with van der Waals surface area (Å²) < 4.78 is 5.26. The van der Waals surface area contributed by atoms with Crippen LogP contribution in [0.3, 0.4) is 0 Å². The highest BCUT2D eigenvalue weighted by Gasteiger charge is 2.24. The van der Waals surface area contributed by atoms with Gasteiger partial charge in [-0.1, -0.05) is 17.3 Å². The average Bonchev–Trinajstić information content (AvgIpc) is 3.01. The number of rotatable bonds is 2. The number of aromatic nitrogens is 2. The number of phenols is 1. The van der Waals surface area contributed by atoms with E-state index in [9.17, 15) is 5.11 Å². The smallest absolute Gasteiger partial charge is 0.261 e. The Morgan fingerprint density at radius 2 is 2.33 bits per heavy atom. The molecule has 1 aromatic carbocycles. The zero-order chi connectivity index (χ0) is 12.5. The van der Waals surface area contributed by atoms with E-state index < -0.39 is 0 Å². The first kappa shape index (κ1) is 11.6. The van der Waals surface area contributed by atoms with Crippen LogP contribution in [-0.4, -0.2) is 21.0 Å². The Bertz CT molecular complexity index is 562. The van der Waals surface area contributed by atoms with Gasteiger partial charge in [0, 0.05) is 0 Å². The number of aryl methyl sites for hydroxylation is 1. The fourth-order valence-electron chi connectivity index (χ4n) is 2.09. The minimum absolute atomic E-state index is 0.215. The summed E-state index contributed by atoms with van der Waals surface area (Å²) in [4.78, 5) is 4.41. The van der Waals surface area contributed by atoms with Crippen molar-refractivity contribution in [3.05, 3.63) is 29.6 Å². The number of hydrogen-bond donors (Lipinski definition) is 1. The van der Waals surface area contributed by atoms with E-state index in [0.29, 0.717) is 16.7 Å². The van der Waals surface area contributed by atoms with Crippen molar-refractivity contribution < 1.29 is 9.63 Å². The molecule has 1 aliphatic heterocycles. The maximum Gasteiger partial charge on any atom is 0.261 e. The topological polar surface area (TPSA) is 59.2 Å². The molecule has 3 rings (SSSR count). The van der Waals surface area contributed by atoms with Crippen molar-refractivity contribution in [1.82, 2.24) is 10.1 Å². The van der Waals surface area contributed by atoms with Crippen molar-refractivity contribution in [2.45, 2.75) is 25.0 Å². The molecular formula is C13H14N2O2S. The van der Waals surface area contributed by atoms with Gasteiger partial charge in [0.15, 0.2) is 5.82 Å². The molecule has 1 atom stereocenters. The fourth-order valence-corrected chi connectivity index (χ4v) is 3.28. The summed E-state index contributed by atoms with van der Waals surface area (Å²) in [5, 5.41) is 14.4. The summed E-state index contributed by atoms with van der Waals surface area (Å²) in [5.74, 6) is 2.52. The molecule has 18 heavy (non-hydrogen) atoms. The number of benzene rings is 1. The lowest BCUT2D eigenvalue weighted by Crippen LogP contribution is -1.91. The van der Waals surface area contributed by atoms with Gasteiger partial charge >= 0.3 is 0 Å². The molecule has 2 heterocycles. The predicted molar refractivity (Wildman–Crippen MR) is 70.6 cm³/mol. The molecule has 1 fully saturated rings. The Kier molecular flexibility index (Phi) is 2.99. The summed E-state index contributed by atoms with van der Waals surface area (Å²) in [5.41, 5.74) is 1.42. The third-order valence-electron chi connectivity index (χ3n) is 3.13. The van der Waals surface area contributed by atoms with Crippen LogP contribution < -0.4 is 0 Å². The number of phenolic OH excluding ortho intramolecular Hbond substituents is 1. The number of thioether (sulfide) groups is 1. The van der Waals surface area contributed by atoms with Crippen LogP contribution in [0, 0.1) is 6.92 Å². The van der Waals surface area contributed by atoms with Gasteiger partial charge in [-0.3, -0.25) is 0 Å². The third-order valence-corrected chi connectivity index (χ3v) is 4.50. The molecule has 1 aliphatic rings. The first-order chi connectivity index (χ1) is 8.75. The van der Waals surface area contributed by atoms with Crippen molar-refractivity contribution in [3.8, 4) is 17.2 Å². The molecule has 0 saturated carbocycles. The van der Waals surface area contributed by atoms with Crippen LogP contribution >= 0.6 is 11.8 Å². The van der Waals surface area contributed by atoms with Crippen LogP contribution in [0.5, 0.6) is 5.75 Å². The van der Waals surface area contributed by atoms with Crippen LogP contribution in [0.15, 0.2) is 22.7 Å². The van der Waals surface area contributed by atoms with Crippen molar-refractivity contribution in [2.24, 2.45) is 0 Å². The molecule has 1 aromatic heterocycles. The summed E-state index contributed by atoms with van der Waals surface area (Å²) >= 11 is 1.86. The number of para-hydroxylation sites is 1. The first-order valence-electron chi connectivity index (χ1n) is 6.00. The molecule has 0 spiro atoms. The van der Waals surface area contributed by atoms with Crippen LogP contribution in [-0.2, 0) is 0 Å². The monoisotopic (exact) mass is 262 g/mol. The van der Waals surface area contributed by atoms with E-state index >= 15 is 0 Å². The minimum atomic E-state index is 0.215. The van der Waals surface area contributed by atoms with E-state index in [-0.39, 0.29) is 5.75 Å². The molecular weight excluding hydrogens is 248 g/mol.